The van der Waals surface area contributed by atoms with Crippen LogP contribution in [0.5, 0.6) is 0 Å². The average molecular weight is 131 g/mol. The van der Waals surface area contributed by atoms with Crippen molar-refractivity contribution < 1.29 is 9.59 Å². The van der Waals surface area contributed by atoms with Gasteiger partial charge in [-0.3, -0.25) is 14.5 Å². The molecule has 0 aromatic carbocycles. The van der Waals surface area contributed by atoms with Crippen molar-refractivity contribution in [3.8, 4) is 0 Å². The lowest BCUT2D eigenvalue weighted by Crippen LogP contribution is -2.21. The first-order chi connectivity index (χ1) is 4.18. The van der Waals surface area contributed by atoms with E-state index in [0.29, 0.717) is 6.41 Å². The molecule has 3 heteroatoms. The largest absolute Gasteiger partial charge is 0.289 e. The van der Waals surface area contributed by atoms with E-state index in [1.165, 1.54) is 14.0 Å². The molecule has 0 aliphatic heterocycles. The first-order valence-corrected chi connectivity index (χ1v) is 2.87. The van der Waals surface area contributed by atoms with Crippen LogP contribution in [0.1, 0.15) is 20.8 Å². The second-order valence-corrected chi connectivity index (χ2v) is 1.24. The Hall–Kier alpha value is -0.860. The predicted octanol–water partition coefficient (Wildman–Crippen LogP) is 0.647. The monoisotopic (exact) mass is 131 g/mol. The van der Waals surface area contributed by atoms with Gasteiger partial charge < -0.3 is 0 Å². The minimum Gasteiger partial charge on any atom is -0.289 e. The van der Waals surface area contributed by atoms with E-state index in [9.17, 15) is 9.59 Å². The molecule has 0 bridgehead atoms. The van der Waals surface area contributed by atoms with Gasteiger partial charge in [0.2, 0.25) is 12.3 Å². The second-order valence-electron chi connectivity index (χ2n) is 1.24. The standard InChI is InChI=1S/C4H7NO2.C2H6/c1-4(7)5(2)3-6;1-2/h3H,1-2H3;1-2H3. The Kier molecular flexibility index (Phi) is 8.73. The van der Waals surface area contributed by atoms with Gasteiger partial charge in [0.15, 0.2) is 0 Å². The van der Waals surface area contributed by atoms with Crippen molar-refractivity contribution in [2.75, 3.05) is 7.05 Å². The van der Waals surface area contributed by atoms with Gasteiger partial charge >= 0.3 is 0 Å². The zero-order valence-corrected chi connectivity index (χ0v) is 6.34. The highest BCUT2D eigenvalue weighted by Crippen LogP contribution is 1.71. The van der Waals surface area contributed by atoms with Gasteiger partial charge in [-0.05, 0) is 0 Å². The molecule has 0 spiro atoms. The van der Waals surface area contributed by atoms with E-state index < -0.39 is 0 Å². The molecule has 0 fully saturated rings. The molecule has 54 valence electrons. The van der Waals surface area contributed by atoms with Crippen LogP contribution in [0.2, 0.25) is 0 Å². The molecule has 0 N–H and O–H groups in total. The summed E-state index contributed by atoms with van der Waals surface area (Å²) in [7, 11) is 1.41. The summed E-state index contributed by atoms with van der Waals surface area (Å²) >= 11 is 0. The lowest BCUT2D eigenvalue weighted by Gasteiger charge is -2.00. The first-order valence-electron chi connectivity index (χ1n) is 2.87. The van der Waals surface area contributed by atoms with Crippen molar-refractivity contribution in [2.45, 2.75) is 20.8 Å². The third kappa shape index (κ3) is 7.14. The molecule has 0 radical (unpaired) electrons. The third-order valence-corrected chi connectivity index (χ3v) is 0.655. The fourth-order valence-corrected chi connectivity index (χ4v) is 0.0742. The Bertz CT molecular complexity index is 91.1. The molecule has 0 aliphatic rings. The molecular weight excluding hydrogens is 118 g/mol. The molecule has 0 saturated carbocycles. The summed E-state index contributed by atoms with van der Waals surface area (Å²) in [4.78, 5) is 20.7. The van der Waals surface area contributed by atoms with Gasteiger partial charge in [0, 0.05) is 14.0 Å². The zero-order chi connectivity index (χ0) is 7.86. The molecule has 0 aliphatic carbocycles. The molecule has 2 amide bonds. The maximum Gasteiger partial charge on any atom is 0.225 e. The van der Waals surface area contributed by atoms with Crippen LogP contribution >= 0.6 is 0 Å². The summed E-state index contributed by atoms with van der Waals surface area (Å²) in [6.45, 7) is 5.33. The minimum atomic E-state index is -0.241. The number of hydrogen-bond donors (Lipinski definition) is 0. The smallest absolute Gasteiger partial charge is 0.225 e. The molecule has 3 nitrogen and oxygen atoms in total. The summed E-state index contributed by atoms with van der Waals surface area (Å²) in [6, 6.07) is 0. The van der Waals surface area contributed by atoms with Crippen LogP contribution in [0.3, 0.4) is 0 Å². The maximum atomic E-state index is 10.1. The molecular formula is C6H13NO2. The van der Waals surface area contributed by atoms with Gasteiger partial charge in [0.1, 0.15) is 0 Å². The van der Waals surface area contributed by atoms with Crippen LogP contribution in [-0.2, 0) is 9.59 Å². The highest BCUT2D eigenvalue weighted by atomic mass is 16.2. The average Bonchev–Trinajstić information content (AvgIpc) is 1.91. The Morgan fingerprint density at radius 3 is 1.78 bits per heavy atom. The van der Waals surface area contributed by atoms with Crippen LogP contribution in [0.15, 0.2) is 0 Å². The van der Waals surface area contributed by atoms with Crippen molar-refractivity contribution >= 4 is 12.3 Å². The van der Waals surface area contributed by atoms with Crippen LogP contribution in [-0.4, -0.2) is 24.3 Å². The lowest BCUT2D eigenvalue weighted by molar-refractivity contribution is -0.134. The van der Waals surface area contributed by atoms with E-state index >= 15 is 0 Å². The van der Waals surface area contributed by atoms with E-state index in [4.69, 9.17) is 0 Å². The quantitative estimate of drug-likeness (QED) is 0.490. The Labute approximate surface area is 55.7 Å². The topological polar surface area (TPSA) is 37.4 Å². The van der Waals surface area contributed by atoms with Crippen molar-refractivity contribution in [1.29, 1.82) is 0 Å². The molecule has 0 rings (SSSR count). The molecule has 0 aromatic rings. The number of hydrogen-bond acceptors (Lipinski definition) is 2. The second kappa shape index (κ2) is 7.14. The highest BCUT2D eigenvalue weighted by Gasteiger charge is 1.94. The summed E-state index contributed by atoms with van der Waals surface area (Å²) in [5.74, 6) is -0.241. The SMILES string of the molecule is CC.CC(=O)N(C)C=O. The zero-order valence-electron chi connectivity index (χ0n) is 6.34. The molecule has 0 heterocycles. The van der Waals surface area contributed by atoms with Crippen molar-refractivity contribution in [2.24, 2.45) is 0 Å². The minimum absolute atomic E-state index is 0.241. The summed E-state index contributed by atoms with van der Waals surface area (Å²) in [6.07, 6.45) is 0.475. The van der Waals surface area contributed by atoms with E-state index in [2.05, 4.69) is 0 Å². The van der Waals surface area contributed by atoms with Gasteiger partial charge in [-0.15, -0.1) is 0 Å². The number of carbonyl (C=O) groups excluding carboxylic acids is 2. The van der Waals surface area contributed by atoms with Crippen LogP contribution in [0.4, 0.5) is 0 Å². The number of rotatable bonds is 1. The van der Waals surface area contributed by atoms with E-state index in [-0.39, 0.29) is 5.91 Å². The fourth-order valence-electron chi connectivity index (χ4n) is 0.0742. The van der Waals surface area contributed by atoms with E-state index in [1.807, 2.05) is 13.8 Å². The molecule has 0 saturated heterocycles. The van der Waals surface area contributed by atoms with Crippen molar-refractivity contribution in [3.05, 3.63) is 0 Å². The normalized spacial score (nSPS) is 6.67. The summed E-state index contributed by atoms with van der Waals surface area (Å²) in [5, 5.41) is 0. The van der Waals surface area contributed by atoms with Gasteiger partial charge in [-0.2, -0.15) is 0 Å². The number of nitrogens with zero attached hydrogens (tertiary/aromatic N) is 1. The van der Waals surface area contributed by atoms with Crippen LogP contribution in [0.25, 0.3) is 0 Å². The molecule has 0 atom stereocenters. The van der Waals surface area contributed by atoms with Crippen LogP contribution in [0, 0.1) is 0 Å². The summed E-state index contributed by atoms with van der Waals surface area (Å²) < 4.78 is 0. The number of carbonyl (C=O) groups is 2. The van der Waals surface area contributed by atoms with Crippen LogP contribution < -0.4 is 0 Å². The number of imide groups is 1. The predicted molar refractivity (Wildman–Crippen MR) is 35.9 cm³/mol. The van der Waals surface area contributed by atoms with Gasteiger partial charge in [-0.1, -0.05) is 13.8 Å². The lowest BCUT2D eigenvalue weighted by atomic mass is 10.6. The molecule has 9 heavy (non-hydrogen) atoms. The van der Waals surface area contributed by atoms with Gasteiger partial charge in [0.05, 0.1) is 0 Å². The van der Waals surface area contributed by atoms with E-state index in [1.54, 1.807) is 0 Å². The first kappa shape index (κ1) is 11.0. The highest BCUT2D eigenvalue weighted by molar-refractivity contribution is 5.83. The third-order valence-electron chi connectivity index (χ3n) is 0.655. The Morgan fingerprint density at radius 2 is 1.78 bits per heavy atom. The van der Waals surface area contributed by atoms with Gasteiger partial charge in [-0.25, -0.2) is 0 Å². The molecule has 0 unspecified atom stereocenters. The van der Waals surface area contributed by atoms with Crippen molar-refractivity contribution in [3.63, 3.8) is 0 Å². The number of amides is 2. The van der Waals surface area contributed by atoms with Gasteiger partial charge in [0.25, 0.3) is 0 Å². The molecule has 0 aromatic heterocycles. The van der Waals surface area contributed by atoms with E-state index in [0.717, 1.165) is 4.90 Å². The Morgan fingerprint density at radius 1 is 1.44 bits per heavy atom. The summed E-state index contributed by atoms with van der Waals surface area (Å²) in [5.41, 5.74) is 0. The Balaban J connectivity index is 0. The van der Waals surface area contributed by atoms with Crippen molar-refractivity contribution in [1.82, 2.24) is 4.90 Å². The maximum absolute atomic E-state index is 10.1. The fraction of sp³-hybridized carbons (Fsp3) is 0.667.